The van der Waals surface area contributed by atoms with Crippen molar-refractivity contribution in [2.24, 2.45) is 0 Å². The first-order chi connectivity index (χ1) is 15.1. The molecule has 0 bridgehead atoms. The number of hydrogen-bond acceptors (Lipinski definition) is 7. The number of ether oxygens (including phenoxy) is 5. The third-order valence-electron chi connectivity index (χ3n) is 4.98. The van der Waals surface area contributed by atoms with E-state index < -0.39 is 6.10 Å². The molecule has 0 unspecified atom stereocenters. The minimum Gasteiger partial charge on any atom is -0.497 e. The van der Waals surface area contributed by atoms with Crippen LogP contribution in [0.15, 0.2) is 48.5 Å². The molecule has 0 amide bonds. The molecule has 0 fully saturated rings. The first-order valence-electron chi connectivity index (χ1n) is 10.4. The van der Waals surface area contributed by atoms with Crippen LogP contribution < -0.4 is 9.47 Å². The average molecular weight is 434 g/mol. The van der Waals surface area contributed by atoms with Crippen molar-refractivity contribution in [1.82, 2.24) is 4.90 Å². The summed E-state index contributed by atoms with van der Waals surface area (Å²) < 4.78 is 27.1. The second kappa shape index (κ2) is 14.0. The second-order valence-electron chi connectivity index (χ2n) is 7.20. The Morgan fingerprint density at radius 3 is 1.58 bits per heavy atom. The number of hydrogen-bond donors (Lipinski definition) is 1. The van der Waals surface area contributed by atoms with Crippen LogP contribution in [0.5, 0.6) is 11.5 Å². The van der Waals surface area contributed by atoms with Crippen LogP contribution in [-0.2, 0) is 14.2 Å². The third-order valence-corrected chi connectivity index (χ3v) is 4.98. The predicted molar refractivity (Wildman–Crippen MR) is 120 cm³/mol. The van der Waals surface area contributed by atoms with Crippen molar-refractivity contribution in [3.63, 3.8) is 0 Å². The first-order valence-corrected chi connectivity index (χ1v) is 10.4. The fourth-order valence-corrected chi connectivity index (χ4v) is 3.24. The quantitative estimate of drug-likeness (QED) is 0.463. The summed E-state index contributed by atoms with van der Waals surface area (Å²) in [5.41, 5.74) is 1.96. The van der Waals surface area contributed by atoms with Gasteiger partial charge in [-0.05, 0) is 35.4 Å². The van der Waals surface area contributed by atoms with Crippen LogP contribution in [0.3, 0.4) is 0 Å². The van der Waals surface area contributed by atoms with Crippen LogP contribution in [0.1, 0.15) is 17.2 Å². The minimum atomic E-state index is -0.646. The van der Waals surface area contributed by atoms with Crippen molar-refractivity contribution >= 4 is 0 Å². The smallest absolute Gasteiger partial charge is 0.118 e. The summed E-state index contributed by atoms with van der Waals surface area (Å²) >= 11 is 0. The highest BCUT2D eigenvalue weighted by Crippen LogP contribution is 2.29. The maximum Gasteiger partial charge on any atom is 0.118 e. The maximum atomic E-state index is 10.6. The fraction of sp³-hybridized carbons (Fsp3) is 0.500. The van der Waals surface area contributed by atoms with Gasteiger partial charge in [-0.25, -0.2) is 0 Å². The molecule has 0 radical (unpaired) electrons. The largest absolute Gasteiger partial charge is 0.497 e. The Balaban J connectivity index is 2.08. The Morgan fingerprint density at radius 2 is 1.19 bits per heavy atom. The zero-order chi connectivity index (χ0) is 22.5. The molecule has 0 saturated heterocycles. The predicted octanol–water partition coefficient (Wildman–Crippen LogP) is 2.77. The number of methoxy groups -OCH3 is 4. The first kappa shape index (κ1) is 25.1. The molecular formula is C24H35NO6. The maximum absolute atomic E-state index is 10.6. The monoisotopic (exact) mass is 433 g/mol. The third kappa shape index (κ3) is 8.47. The number of nitrogens with zero attached hydrogens (tertiary/aromatic N) is 1. The average Bonchev–Trinajstić information content (AvgIpc) is 2.81. The molecule has 0 aliphatic carbocycles. The van der Waals surface area contributed by atoms with Crippen LogP contribution in [-0.4, -0.2) is 84.0 Å². The lowest BCUT2D eigenvalue weighted by molar-refractivity contribution is -0.0136. The molecule has 2 rings (SSSR count). The van der Waals surface area contributed by atoms with E-state index in [1.807, 2.05) is 48.5 Å². The van der Waals surface area contributed by atoms with Crippen molar-refractivity contribution < 1.29 is 28.8 Å². The van der Waals surface area contributed by atoms with E-state index in [0.29, 0.717) is 19.8 Å². The summed E-state index contributed by atoms with van der Waals surface area (Å²) in [4.78, 5) is 2.11. The zero-order valence-electron chi connectivity index (χ0n) is 19.0. The van der Waals surface area contributed by atoms with E-state index in [1.165, 1.54) is 0 Å². The van der Waals surface area contributed by atoms with E-state index in [1.54, 1.807) is 28.4 Å². The molecule has 0 aliphatic rings. The Morgan fingerprint density at radius 1 is 0.742 bits per heavy atom. The molecule has 0 aromatic heterocycles. The fourth-order valence-electron chi connectivity index (χ4n) is 3.24. The van der Waals surface area contributed by atoms with E-state index in [-0.39, 0.29) is 12.7 Å². The topological polar surface area (TPSA) is 69.6 Å². The van der Waals surface area contributed by atoms with Gasteiger partial charge in [0.2, 0.25) is 0 Å². The SMILES string of the molecule is COCCN(CCOC)C[C@@H](O)COC(c1ccc(OC)cc1)c1ccc(OC)cc1. The summed E-state index contributed by atoms with van der Waals surface area (Å²) in [6, 6.07) is 15.5. The normalized spacial score (nSPS) is 12.4. The molecule has 0 heterocycles. The van der Waals surface area contributed by atoms with Crippen LogP contribution in [0, 0.1) is 0 Å². The van der Waals surface area contributed by atoms with E-state index in [2.05, 4.69) is 4.90 Å². The van der Waals surface area contributed by atoms with Crippen LogP contribution in [0.4, 0.5) is 0 Å². The van der Waals surface area contributed by atoms with Crippen molar-refractivity contribution in [1.29, 1.82) is 0 Å². The lowest BCUT2D eigenvalue weighted by Crippen LogP contribution is -2.39. The molecule has 7 nitrogen and oxygen atoms in total. The summed E-state index contributed by atoms with van der Waals surface area (Å²) in [5, 5.41) is 10.6. The number of benzene rings is 2. The second-order valence-corrected chi connectivity index (χ2v) is 7.20. The standard InChI is InChI=1S/C24H35NO6/c1-27-15-13-25(14-16-28-2)17-21(26)18-31-24(19-5-9-22(29-3)10-6-19)20-7-11-23(30-4)12-8-20/h5-12,21,24,26H,13-18H2,1-4H3/t21-/m1/s1. The van der Waals surface area contributed by atoms with Gasteiger partial charge in [-0.1, -0.05) is 24.3 Å². The van der Waals surface area contributed by atoms with Crippen molar-refractivity contribution in [2.45, 2.75) is 12.2 Å². The van der Waals surface area contributed by atoms with Crippen molar-refractivity contribution in [3.8, 4) is 11.5 Å². The lowest BCUT2D eigenvalue weighted by atomic mass is 10.0. The van der Waals surface area contributed by atoms with Gasteiger partial charge in [0.05, 0.1) is 40.1 Å². The van der Waals surface area contributed by atoms with Gasteiger partial charge in [-0.2, -0.15) is 0 Å². The van der Waals surface area contributed by atoms with E-state index in [9.17, 15) is 5.11 Å². The summed E-state index contributed by atoms with van der Waals surface area (Å²) in [5.74, 6) is 1.56. The summed E-state index contributed by atoms with van der Waals surface area (Å²) in [6.45, 7) is 3.30. The van der Waals surface area contributed by atoms with Gasteiger partial charge in [0, 0.05) is 33.9 Å². The number of aliphatic hydroxyl groups excluding tert-OH is 1. The van der Waals surface area contributed by atoms with Crippen LogP contribution in [0.2, 0.25) is 0 Å². The summed E-state index contributed by atoms with van der Waals surface area (Å²) in [7, 11) is 6.62. The highest BCUT2D eigenvalue weighted by molar-refractivity contribution is 5.36. The Bertz CT molecular complexity index is 666. The van der Waals surface area contributed by atoms with Crippen molar-refractivity contribution in [3.05, 3.63) is 59.7 Å². The van der Waals surface area contributed by atoms with E-state index >= 15 is 0 Å². The van der Waals surface area contributed by atoms with Gasteiger partial charge in [0.1, 0.15) is 17.6 Å². The molecule has 172 valence electrons. The zero-order valence-corrected chi connectivity index (χ0v) is 19.0. The molecule has 2 aromatic rings. The molecule has 0 saturated carbocycles. The molecule has 1 N–H and O–H groups in total. The van der Waals surface area contributed by atoms with E-state index in [4.69, 9.17) is 23.7 Å². The summed E-state index contributed by atoms with van der Waals surface area (Å²) in [6.07, 6.45) is -0.967. The Hall–Kier alpha value is -2.16. The van der Waals surface area contributed by atoms with Gasteiger partial charge < -0.3 is 28.8 Å². The van der Waals surface area contributed by atoms with Gasteiger partial charge in [-0.3, -0.25) is 4.90 Å². The molecular weight excluding hydrogens is 398 g/mol. The van der Waals surface area contributed by atoms with Gasteiger partial charge in [-0.15, -0.1) is 0 Å². The molecule has 2 aromatic carbocycles. The molecule has 1 atom stereocenters. The van der Waals surface area contributed by atoms with Gasteiger partial charge >= 0.3 is 0 Å². The molecule has 0 spiro atoms. The number of rotatable bonds is 15. The van der Waals surface area contributed by atoms with E-state index in [0.717, 1.165) is 35.7 Å². The molecule has 31 heavy (non-hydrogen) atoms. The highest BCUT2D eigenvalue weighted by Gasteiger charge is 2.19. The molecule has 7 heteroatoms. The van der Waals surface area contributed by atoms with Crippen molar-refractivity contribution in [2.75, 3.05) is 67.9 Å². The van der Waals surface area contributed by atoms with Gasteiger partial charge in [0.15, 0.2) is 0 Å². The minimum absolute atomic E-state index is 0.194. The van der Waals surface area contributed by atoms with Gasteiger partial charge in [0.25, 0.3) is 0 Å². The van der Waals surface area contributed by atoms with Crippen LogP contribution in [0.25, 0.3) is 0 Å². The Labute approximate surface area is 185 Å². The molecule has 0 aliphatic heterocycles. The van der Waals surface area contributed by atoms with Crippen LogP contribution >= 0.6 is 0 Å². The highest BCUT2D eigenvalue weighted by atomic mass is 16.5. The number of aliphatic hydroxyl groups is 1. The lowest BCUT2D eigenvalue weighted by Gasteiger charge is -2.26. The Kier molecular flexibility index (Phi) is 11.3.